The predicted molar refractivity (Wildman–Crippen MR) is 59.0 cm³/mol. The van der Waals surface area contributed by atoms with Crippen LogP contribution in [0.25, 0.3) is 0 Å². The van der Waals surface area contributed by atoms with Gasteiger partial charge in [0, 0.05) is 11.4 Å². The maximum absolute atomic E-state index is 8.43. The molecule has 1 aromatic heterocycles. The third-order valence-corrected chi connectivity index (χ3v) is 3.80. The SMILES string of the molecule is C[C@@H](c1ccc(Cl)nc1)S(C)=NC#N. The van der Waals surface area contributed by atoms with Gasteiger partial charge in [-0.2, -0.15) is 9.62 Å². The molecule has 0 bridgehead atoms. The van der Waals surface area contributed by atoms with Crippen molar-refractivity contribution in [3.63, 3.8) is 0 Å². The average Bonchev–Trinajstić information content (AvgIpc) is 2.18. The van der Waals surface area contributed by atoms with Gasteiger partial charge in [-0.25, -0.2) is 4.98 Å². The first-order valence-corrected chi connectivity index (χ1v) is 6.04. The topological polar surface area (TPSA) is 49.0 Å². The van der Waals surface area contributed by atoms with Crippen LogP contribution in [0, 0.1) is 11.5 Å². The number of aromatic nitrogens is 1. The van der Waals surface area contributed by atoms with Crippen LogP contribution in [0.15, 0.2) is 22.7 Å². The van der Waals surface area contributed by atoms with Crippen molar-refractivity contribution in [1.82, 2.24) is 4.98 Å². The summed E-state index contributed by atoms with van der Waals surface area (Å²) in [6.07, 6.45) is 5.48. The molecule has 1 unspecified atom stereocenters. The van der Waals surface area contributed by atoms with Crippen LogP contribution < -0.4 is 0 Å². The minimum Gasteiger partial charge on any atom is -0.244 e. The van der Waals surface area contributed by atoms with Crippen LogP contribution in [0.1, 0.15) is 17.7 Å². The summed E-state index contributed by atoms with van der Waals surface area (Å²) in [4.78, 5) is 3.99. The summed E-state index contributed by atoms with van der Waals surface area (Å²) in [5.74, 6) is 0. The zero-order chi connectivity index (χ0) is 10.6. The Hall–Kier alpha value is -0.920. The van der Waals surface area contributed by atoms with Gasteiger partial charge in [0.2, 0.25) is 6.19 Å². The van der Waals surface area contributed by atoms with Crippen molar-refractivity contribution in [2.75, 3.05) is 6.26 Å². The molecule has 1 rings (SSSR count). The summed E-state index contributed by atoms with van der Waals surface area (Å²) >= 11 is 5.67. The molecule has 0 aliphatic carbocycles. The van der Waals surface area contributed by atoms with Gasteiger partial charge in [0.1, 0.15) is 5.15 Å². The lowest BCUT2D eigenvalue weighted by atomic mass is 10.2. The highest BCUT2D eigenvalue weighted by molar-refractivity contribution is 7.86. The molecule has 0 aliphatic rings. The second-order valence-electron chi connectivity index (χ2n) is 2.77. The van der Waals surface area contributed by atoms with Gasteiger partial charge in [-0.1, -0.05) is 28.4 Å². The molecule has 0 N–H and O–H groups in total. The summed E-state index contributed by atoms with van der Waals surface area (Å²) in [5, 5.41) is 9.12. The Morgan fingerprint density at radius 1 is 1.64 bits per heavy atom. The Morgan fingerprint density at radius 3 is 2.86 bits per heavy atom. The highest BCUT2D eigenvalue weighted by Gasteiger charge is 2.07. The molecule has 14 heavy (non-hydrogen) atoms. The molecule has 0 amide bonds. The molecule has 5 heteroatoms. The number of pyridine rings is 1. The van der Waals surface area contributed by atoms with Crippen LogP contribution >= 0.6 is 11.6 Å². The molecule has 0 radical (unpaired) electrons. The molecule has 0 spiro atoms. The summed E-state index contributed by atoms with van der Waals surface area (Å²) in [6.45, 7) is 2.02. The highest BCUT2D eigenvalue weighted by atomic mass is 35.5. The molecule has 2 atom stereocenters. The minimum atomic E-state index is -0.292. The molecule has 3 nitrogen and oxygen atoms in total. The van der Waals surface area contributed by atoms with Gasteiger partial charge in [-0.05, 0) is 24.8 Å². The molecule has 0 fully saturated rings. The number of halogens is 1. The van der Waals surface area contributed by atoms with Gasteiger partial charge < -0.3 is 0 Å². The van der Waals surface area contributed by atoms with Crippen molar-refractivity contribution in [3.05, 3.63) is 29.0 Å². The first kappa shape index (κ1) is 11.2. The van der Waals surface area contributed by atoms with Crippen LogP contribution in [0.2, 0.25) is 5.15 Å². The van der Waals surface area contributed by atoms with E-state index in [1.54, 1.807) is 12.3 Å². The van der Waals surface area contributed by atoms with Crippen LogP contribution in [-0.2, 0) is 10.7 Å². The molecular formula is C9H10ClN3S. The summed E-state index contributed by atoms with van der Waals surface area (Å²) in [6, 6.07) is 3.66. The van der Waals surface area contributed by atoms with E-state index in [0.29, 0.717) is 5.15 Å². The van der Waals surface area contributed by atoms with E-state index in [2.05, 4.69) is 9.35 Å². The number of hydrogen-bond acceptors (Lipinski definition) is 3. The first-order valence-electron chi connectivity index (χ1n) is 4.01. The van der Waals surface area contributed by atoms with E-state index in [1.807, 2.05) is 25.4 Å². The van der Waals surface area contributed by atoms with Crippen molar-refractivity contribution < 1.29 is 0 Å². The highest BCUT2D eigenvalue weighted by Crippen LogP contribution is 2.19. The molecule has 1 heterocycles. The van der Waals surface area contributed by atoms with Gasteiger partial charge in [0.25, 0.3) is 0 Å². The number of hydrogen-bond donors (Lipinski definition) is 0. The van der Waals surface area contributed by atoms with Crippen molar-refractivity contribution in [2.24, 2.45) is 4.36 Å². The zero-order valence-corrected chi connectivity index (χ0v) is 9.51. The lowest BCUT2D eigenvalue weighted by molar-refractivity contribution is 1.06. The lowest BCUT2D eigenvalue weighted by Crippen LogP contribution is -2.00. The minimum absolute atomic E-state index is 0.208. The van der Waals surface area contributed by atoms with E-state index >= 15 is 0 Å². The lowest BCUT2D eigenvalue weighted by Gasteiger charge is -2.10. The quantitative estimate of drug-likeness (QED) is 0.576. The molecule has 0 saturated heterocycles. The van der Waals surface area contributed by atoms with Crippen LogP contribution in [0.4, 0.5) is 0 Å². The van der Waals surface area contributed by atoms with Gasteiger partial charge in [-0.3, -0.25) is 0 Å². The first-order chi connectivity index (χ1) is 6.65. The Bertz CT molecular complexity index is 380. The molecule has 1 aromatic rings. The van der Waals surface area contributed by atoms with Crippen LogP contribution in [-0.4, -0.2) is 11.2 Å². The van der Waals surface area contributed by atoms with E-state index in [4.69, 9.17) is 16.9 Å². The second kappa shape index (κ2) is 5.08. The van der Waals surface area contributed by atoms with E-state index in [1.165, 1.54) is 0 Å². The largest absolute Gasteiger partial charge is 0.244 e. The summed E-state index contributed by atoms with van der Waals surface area (Å²) < 4.78 is 3.80. The van der Waals surface area contributed by atoms with Crippen molar-refractivity contribution in [1.29, 1.82) is 5.26 Å². The maximum Gasteiger partial charge on any atom is 0.212 e. The maximum atomic E-state index is 8.43. The number of nitriles is 1. The van der Waals surface area contributed by atoms with Gasteiger partial charge in [0.05, 0.1) is 0 Å². The van der Waals surface area contributed by atoms with Gasteiger partial charge >= 0.3 is 0 Å². The van der Waals surface area contributed by atoms with E-state index in [-0.39, 0.29) is 15.9 Å². The fourth-order valence-corrected chi connectivity index (χ4v) is 1.90. The predicted octanol–water partition coefficient (Wildman–Crippen LogP) is 2.71. The third-order valence-electron chi connectivity index (χ3n) is 1.92. The smallest absolute Gasteiger partial charge is 0.212 e. The van der Waals surface area contributed by atoms with E-state index < -0.39 is 0 Å². The van der Waals surface area contributed by atoms with Crippen molar-refractivity contribution in [3.8, 4) is 6.19 Å². The Kier molecular flexibility index (Phi) is 4.05. The monoisotopic (exact) mass is 227 g/mol. The fraction of sp³-hybridized carbons (Fsp3) is 0.333. The van der Waals surface area contributed by atoms with Crippen molar-refractivity contribution in [2.45, 2.75) is 12.2 Å². The van der Waals surface area contributed by atoms with Crippen LogP contribution in [0.3, 0.4) is 0 Å². The average molecular weight is 228 g/mol. The molecule has 0 saturated carbocycles. The third kappa shape index (κ3) is 2.79. The van der Waals surface area contributed by atoms with Crippen molar-refractivity contribution >= 4 is 22.3 Å². The number of nitrogens with zero attached hydrogens (tertiary/aromatic N) is 3. The Balaban J connectivity index is 2.91. The summed E-state index contributed by atoms with van der Waals surface area (Å²) in [7, 11) is -0.292. The van der Waals surface area contributed by atoms with E-state index in [0.717, 1.165) is 5.56 Å². The number of rotatable bonds is 2. The Labute approximate surface area is 90.8 Å². The molecular weight excluding hydrogens is 218 g/mol. The normalized spacial score (nSPS) is 14.7. The van der Waals surface area contributed by atoms with E-state index in [9.17, 15) is 0 Å². The molecule has 74 valence electrons. The zero-order valence-electron chi connectivity index (χ0n) is 7.94. The Morgan fingerprint density at radius 2 is 2.36 bits per heavy atom. The molecule has 0 aromatic carbocycles. The van der Waals surface area contributed by atoms with Crippen LogP contribution in [0.5, 0.6) is 0 Å². The standard InChI is InChI=1S/C9H10ClN3S/c1-7(14(2)13-6-11)8-3-4-9(10)12-5-8/h3-5,7H,1-2H3/t7-,14?/m0/s1. The fourth-order valence-electron chi connectivity index (χ4n) is 0.968. The van der Waals surface area contributed by atoms with Gasteiger partial charge in [0.15, 0.2) is 0 Å². The molecule has 0 aliphatic heterocycles. The summed E-state index contributed by atoms with van der Waals surface area (Å²) in [5.41, 5.74) is 1.05. The second-order valence-corrected chi connectivity index (χ2v) is 5.10. The van der Waals surface area contributed by atoms with Gasteiger partial charge in [-0.15, -0.1) is 0 Å².